The molecule has 3 aromatic heterocycles. The van der Waals surface area contributed by atoms with Crippen molar-refractivity contribution in [1.29, 1.82) is 0 Å². The number of aryl methyl sites for hydroxylation is 2. The van der Waals surface area contributed by atoms with Crippen molar-refractivity contribution in [3.63, 3.8) is 0 Å². The largest absolute Gasteiger partial charge is 0.317 e. The molecule has 28 heavy (non-hydrogen) atoms. The molecule has 1 aliphatic rings. The van der Waals surface area contributed by atoms with E-state index in [9.17, 15) is 4.39 Å². The van der Waals surface area contributed by atoms with Gasteiger partial charge in [0.1, 0.15) is 16.2 Å². The Morgan fingerprint density at radius 2 is 1.86 bits per heavy atom. The normalized spacial score (nSPS) is 15.5. The molecule has 0 saturated carbocycles. The van der Waals surface area contributed by atoms with E-state index in [-0.39, 0.29) is 5.82 Å². The first-order valence-electron chi connectivity index (χ1n) is 9.51. The summed E-state index contributed by atoms with van der Waals surface area (Å²) in [7, 11) is 0. The van der Waals surface area contributed by atoms with Gasteiger partial charge >= 0.3 is 0 Å². The SMILES string of the molecule is Cc1nc2c(C)cc(-c3cc(F)c4cc(C5CCNCC5)nnc4c3)nc2s1. The number of piperidine rings is 1. The van der Waals surface area contributed by atoms with Crippen LogP contribution in [0.4, 0.5) is 4.39 Å². The molecule has 0 amide bonds. The number of pyridine rings is 1. The molecule has 1 aliphatic heterocycles. The topological polar surface area (TPSA) is 63.6 Å². The average molecular weight is 393 g/mol. The van der Waals surface area contributed by atoms with Gasteiger partial charge in [0.05, 0.1) is 21.9 Å². The van der Waals surface area contributed by atoms with E-state index in [4.69, 9.17) is 4.98 Å². The van der Waals surface area contributed by atoms with Crippen molar-refractivity contribution in [2.75, 3.05) is 13.1 Å². The van der Waals surface area contributed by atoms with Gasteiger partial charge in [0.25, 0.3) is 0 Å². The van der Waals surface area contributed by atoms with Gasteiger partial charge in [0.15, 0.2) is 0 Å². The first-order chi connectivity index (χ1) is 13.6. The van der Waals surface area contributed by atoms with Crippen LogP contribution in [-0.2, 0) is 0 Å². The van der Waals surface area contributed by atoms with Crippen LogP contribution in [0.5, 0.6) is 0 Å². The molecule has 0 unspecified atom stereocenters. The Morgan fingerprint density at radius 1 is 1.04 bits per heavy atom. The van der Waals surface area contributed by atoms with Crippen LogP contribution in [-0.4, -0.2) is 33.3 Å². The minimum atomic E-state index is -0.280. The number of hydrogen-bond donors (Lipinski definition) is 1. The van der Waals surface area contributed by atoms with Crippen LogP contribution in [0.15, 0.2) is 24.3 Å². The third-order valence-electron chi connectivity index (χ3n) is 5.39. The van der Waals surface area contributed by atoms with Gasteiger partial charge in [-0.15, -0.1) is 0 Å². The fourth-order valence-corrected chi connectivity index (χ4v) is 4.76. The maximum Gasteiger partial charge on any atom is 0.144 e. The van der Waals surface area contributed by atoms with Gasteiger partial charge < -0.3 is 5.32 Å². The molecule has 5 nitrogen and oxygen atoms in total. The van der Waals surface area contributed by atoms with E-state index in [1.807, 2.05) is 32.0 Å². The fourth-order valence-electron chi connectivity index (χ4n) is 3.89. The van der Waals surface area contributed by atoms with E-state index in [0.29, 0.717) is 22.4 Å². The van der Waals surface area contributed by atoms with Crippen molar-refractivity contribution in [2.45, 2.75) is 32.6 Å². The highest BCUT2D eigenvalue weighted by Crippen LogP contribution is 2.31. The molecule has 1 fully saturated rings. The summed E-state index contributed by atoms with van der Waals surface area (Å²) >= 11 is 1.55. The maximum absolute atomic E-state index is 15.0. The Balaban J connectivity index is 1.59. The predicted octanol–water partition coefficient (Wildman–Crippen LogP) is 4.52. The highest BCUT2D eigenvalue weighted by atomic mass is 32.1. The molecule has 0 radical (unpaired) electrons. The summed E-state index contributed by atoms with van der Waals surface area (Å²) in [6.07, 6.45) is 2.02. The highest BCUT2D eigenvalue weighted by Gasteiger charge is 2.19. The van der Waals surface area contributed by atoms with Crippen LogP contribution in [0.25, 0.3) is 32.5 Å². The van der Waals surface area contributed by atoms with Crippen molar-refractivity contribution in [1.82, 2.24) is 25.5 Å². The van der Waals surface area contributed by atoms with Crippen LogP contribution in [0, 0.1) is 19.7 Å². The smallest absolute Gasteiger partial charge is 0.144 e. The average Bonchev–Trinajstić information content (AvgIpc) is 3.09. The molecular weight excluding hydrogens is 373 g/mol. The summed E-state index contributed by atoms with van der Waals surface area (Å²) in [6, 6.07) is 7.25. The zero-order chi connectivity index (χ0) is 19.3. The molecule has 4 heterocycles. The minimum absolute atomic E-state index is 0.280. The molecule has 5 rings (SSSR count). The van der Waals surface area contributed by atoms with E-state index < -0.39 is 0 Å². The lowest BCUT2D eigenvalue weighted by Crippen LogP contribution is -2.27. The minimum Gasteiger partial charge on any atom is -0.317 e. The number of nitrogens with zero attached hydrogens (tertiary/aromatic N) is 4. The standard InChI is InChI=1S/C21H20FN5S/c1-11-7-17(25-21-20(11)24-12(2)28-21)14-8-16(22)15-10-18(26-27-19(15)9-14)13-3-5-23-6-4-13/h7-10,13,23H,3-6H2,1-2H3. The van der Waals surface area contributed by atoms with Gasteiger partial charge in [-0.05, 0) is 69.6 Å². The Labute approximate surface area is 166 Å². The van der Waals surface area contributed by atoms with Crippen molar-refractivity contribution >= 4 is 32.6 Å². The second kappa shape index (κ2) is 6.83. The van der Waals surface area contributed by atoms with Gasteiger partial charge in [0, 0.05) is 16.9 Å². The molecule has 7 heteroatoms. The predicted molar refractivity (Wildman–Crippen MR) is 110 cm³/mol. The Bertz CT molecular complexity index is 1200. The lowest BCUT2D eigenvalue weighted by atomic mass is 9.93. The van der Waals surface area contributed by atoms with Crippen LogP contribution >= 0.6 is 11.3 Å². The number of fused-ring (bicyclic) bond motifs is 2. The van der Waals surface area contributed by atoms with Gasteiger partial charge in [-0.2, -0.15) is 10.2 Å². The Hall–Kier alpha value is -2.51. The van der Waals surface area contributed by atoms with E-state index >= 15 is 0 Å². The van der Waals surface area contributed by atoms with E-state index in [1.54, 1.807) is 17.4 Å². The summed E-state index contributed by atoms with van der Waals surface area (Å²) in [4.78, 5) is 10.1. The lowest BCUT2D eigenvalue weighted by Gasteiger charge is -2.21. The zero-order valence-corrected chi connectivity index (χ0v) is 16.6. The molecule has 0 bridgehead atoms. The maximum atomic E-state index is 15.0. The van der Waals surface area contributed by atoms with Crippen molar-refractivity contribution in [3.05, 3.63) is 46.3 Å². The third-order valence-corrected chi connectivity index (χ3v) is 6.26. The monoisotopic (exact) mass is 393 g/mol. The van der Waals surface area contributed by atoms with Crippen molar-refractivity contribution < 1.29 is 4.39 Å². The summed E-state index contributed by atoms with van der Waals surface area (Å²) in [6.45, 7) is 5.92. The first-order valence-corrected chi connectivity index (χ1v) is 10.3. The summed E-state index contributed by atoms with van der Waals surface area (Å²) < 4.78 is 15.0. The third kappa shape index (κ3) is 3.04. The number of nitrogens with one attached hydrogen (secondary N) is 1. The number of hydrogen-bond acceptors (Lipinski definition) is 6. The quantitative estimate of drug-likeness (QED) is 0.542. The van der Waals surface area contributed by atoms with Gasteiger partial charge in [-0.25, -0.2) is 14.4 Å². The van der Waals surface area contributed by atoms with E-state index in [1.165, 1.54) is 0 Å². The summed E-state index contributed by atoms with van der Waals surface area (Å²) in [5, 5.41) is 13.6. The molecule has 1 saturated heterocycles. The van der Waals surface area contributed by atoms with Gasteiger partial charge in [-0.1, -0.05) is 11.3 Å². The summed E-state index contributed by atoms with van der Waals surface area (Å²) in [5.74, 6) is 0.0659. The van der Waals surface area contributed by atoms with Gasteiger partial charge in [0.2, 0.25) is 0 Å². The zero-order valence-electron chi connectivity index (χ0n) is 15.8. The molecule has 1 N–H and O–H groups in total. The van der Waals surface area contributed by atoms with E-state index in [0.717, 1.165) is 58.2 Å². The lowest BCUT2D eigenvalue weighted by molar-refractivity contribution is 0.451. The van der Waals surface area contributed by atoms with E-state index in [2.05, 4.69) is 20.5 Å². The number of thiazole rings is 1. The fraction of sp³-hybridized carbons (Fsp3) is 0.333. The van der Waals surface area contributed by atoms with Crippen LogP contribution in [0.3, 0.4) is 0 Å². The Kier molecular flexibility index (Phi) is 4.29. The summed E-state index contributed by atoms with van der Waals surface area (Å²) in [5.41, 5.74) is 4.85. The number of halogens is 1. The second-order valence-electron chi connectivity index (χ2n) is 7.40. The highest BCUT2D eigenvalue weighted by molar-refractivity contribution is 7.18. The molecule has 0 spiro atoms. The van der Waals surface area contributed by atoms with Gasteiger partial charge in [-0.3, -0.25) is 0 Å². The van der Waals surface area contributed by atoms with Crippen molar-refractivity contribution in [2.24, 2.45) is 0 Å². The van der Waals surface area contributed by atoms with Crippen LogP contribution in [0.1, 0.15) is 35.0 Å². The van der Waals surface area contributed by atoms with Crippen molar-refractivity contribution in [3.8, 4) is 11.3 Å². The van der Waals surface area contributed by atoms with Crippen LogP contribution < -0.4 is 5.32 Å². The Morgan fingerprint density at radius 3 is 2.68 bits per heavy atom. The molecule has 1 aromatic carbocycles. The molecular formula is C21H20FN5S. The molecule has 0 atom stereocenters. The number of benzene rings is 1. The first kappa shape index (κ1) is 17.6. The second-order valence-corrected chi connectivity index (χ2v) is 8.58. The number of aromatic nitrogens is 4. The molecule has 0 aliphatic carbocycles. The molecule has 142 valence electrons. The number of rotatable bonds is 2. The van der Waals surface area contributed by atoms with Crippen LogP contribution in [0.2, 0.25) is 0 Å². The molecule has 4 aromatic rings.